The van der Waals surface area contributed by atoms with Crippen LogP contribution in [0.2, 0.25) is 10.0 Å². The Bertz CT molecular complexity index is 762. The zero-order valence-corrected chi connectivity index (χ0v) is 15.4. The lowest BCUT2D eigenvalue weighted by atomic mass is 10.2. The van der Waals surface area contributed by atoms with Gasteiger partial charge in [-0.1, -0.05) is 29.3 Å². The van der Waals surface area contributed by atoms with E-state index in [9.17, 15) is 9.59 Å². The second kappa shape index (κ2) is 7.13. The van der Waals surface area contributed by atoms with Gasteiger partial charge in [-0.2, -0.15) is 0 Å². The highest BCUT2D eigenvalue weighted by molar-refractivity contribution is 7.14. The van der Waals surface area contributed by atoms with Crippen molar-refractivity contribution in [2.24, 2.45) is 0 Å². The molecular weight excluding hydrogens is 367 g/mol. The fourth-order valence-corrected chi connectivity index (χ4v) is 4.45. The highest BCUT2D eigenvalue weighted by Gasteiger charge is 2.22. The summed E-state index contributed by atoms with van der Waals surface area (Å²) in [4.78, 5) is 28.0. The van der Waals surface area contributed by atoms with Crippen LogP contribution in [0.3, 0.4) is 0 Å². The number of amides is 2. The summed E-state index contributed by atoms with van der Waals surface area (Å²) < 4.78 is 0. The molecule has 2 amide bonds. The predicted octanol–water partition coefficient (Wildman–Crippen LogP) is 4.25. The van der Waals surface area contributed by atoms with Crippen LogP contribution in [0, 0.1) is 0 Å². The van der Waals surface area contributed by atoms with Crippen LogP contribution < -0.4 is 5.32 Å². The summed E-state index contributed by atoms with van der Waals surface area (Å²) in [6.07, 6.45) is 3.24. The van der Waals surface area contributed by atoms with Crippen molar-refractivity contribution in [2.75, 3.05) is 18.9 Å². The Labute approximate surface area is 154 Å². The van der Waals surface area contributed by atoms with Gasteiger partial charge in [0.2, 0.25) is 5.91 Å². The van der Waals surface area contributed by atoms with Crippen molar-refractivity contribution in [3.8, 4) is 0 Å². The molecule has 1 aliphatic rings. The average molecular weight is 383 g/mol. The van der Waals surface area contributed by atoms with Crippen molar-refractivity contribution in [1.29, 1.82) is 0 Å². The summed E-state index contributed by atoms with van der Waals surface area (Å²) in [6.45, 7) is -0.0665. The van der Waals surface area contributed by atoms with Crippen LogP contribution in [0.5, 0.6) is 0 Å². The third kappa shape index (κ3) is 3.58. The van der Waals surface area contributed by atoms with Crippen molar-refractivity contribution < 1.29 is 9.59 Å². The zero-order chi connectivity index (χ0) is 17.3. The van der Waals surface area contributed by atoms with E-state index in [0.717, 1.165) is 19.3 Å². The number of carbonyl (C=O) groups excluding carboxylic acids is 2. The Kier molecular flexibility index (Phi) is 5.13. The number of nitrogens with zero attached hydrogens (tertiary/aromatic N) is 1. The lowest BCUT2D eigenvalue weighted by Crippen LogP contribution is -2.34. The first-order valence-corrected chi connectivity index (χ1v) is 9.14. The van der Waals surface area contributed by atoms with E-state index < -0.39 is 0 Å². The van der Waals surface area contributed by atoms with Crippen molar-refractivity contribution in [1.82, 2.24) is 4.90 Å². The number of carbonyl (C=O) groups is 2. The Hall–Kier alpha value is -1.56. The second-order valence-electron chi connectivity index (χ2n) is 5.72. The summed E-state index contributed by atoms with van der Waals surface area (Å²) in [6, 6.07) is 6.94. The third-order valence-electron chi connectivity index (χ3n) is 3.91. The normalized spacial score (nSPS) is 12.8. The largest absolute Gasteiger partial charge is 0.332 e. The molecule has 1 aromatic heterocycles. The van der Waals surface area contributed by atoms with E-state index in [2.05, 4.69) is 5.32 Å². The quantitative estimate of drug-likeness (QED) is 0.858. The lowest BCUT2D eigenvalue weighted by Gasteiger charge is -2.16. The second-order valence-corrected chi connectivity index (χ2v) is 7.67. The monoisotopic (exact) mass is 382 g/mol. The number of aryl methyl sites for hydroxylation is 2. The number of halogens is 2. The van der Waals surface area contributed by atoms with Gasteiger partial charge in [-0.25, -0.2) is 0 Å². The molecule has 0 fully saturated rings. The molecule has 24 heavy (non-hydrogen) atoms. The molecule has 3 rings (SSSR count). The first-order chi connectivity index (χ1) is 11.5. The van der Waals surface area contributed by atoms with Gasteiger partial charge in [0, 0.05) is 11.9 Å². The Balaban J connectivity index is 1.64. The predicted molar refractivity (Wildman–Crippen MR) is 98.4 cm³/mol. The van der Waals surface area contributed by atoms with Crippen molar-refractivity contribution in [3.63, 3.8) is 0 Å². The summed E-state index contributed by atoms with van der Waals surface area (Å²) in [5, 5.41) is 3.38. The maximum absolute atomic E-state index is 12.5. The number of rotatable bonds is 4. The topological polar surface area (TPSA) is 49.4 Å². The minimum atomic E-state index is -0.343. The van der Waals surface area contributed by atoms with Crippen molar-refractivity contribution in [2.45, 2.75) is 19.3 Å². The van der Waals surface area contributed by atoms with Gasteiger partial charge in [-0.05, 0) is 43.0 Å². The van der Waals surface area contributed by atoms with Crippen LogP contribution in [0.25, 0.3) is 0 Å². The number of hydrogen-bond donors (Lipinski definition) is 1. The summed E-state index contributed by atoms with van der Waals surface area (Å²) >= 11 is 13.6. The molecule has 1 N–H and O–H groups in total. The fraction of sp³-hybridized carbons (Fsp3) is 0.294. The molecule has 0 radical (unpaired) electrons. The van der Waals surface area contributed by atoms with Crippen LogP contribution >= 0.6 is 34.5 Å². The maximum atomic E-state index is 12.5. The minimum Gasteiger partial charge on any atom is -0.332 e. The molecule has 2 aromatic rings. The Morgan fingerprint density at radius 1 is 1.25 bits per heavy atom. The molecule has 7 heteroatoms. The molecule has 0 atom stereocenters. The Morgan fingerprint density at radius 3 is 2.62 bits per heavy atom. The number of fused-ring (bicyclic) bond motifs is 1. The molecule has 1 aliphatic carbocycles. The van der Waals surface area contributed by atoms with E-state index in [0.29, 0.717) is 20.6 Å². The van der Waals surface area contributed by atoms with Crippen molar-refractivity contribution >= 4 is 52.0 Å². The SMILES string of the molecule is CN(CC(=O)Nc1c(Cl)cccc1Cl)C(=O)c1cc2c(s1)CCC2. The molecule has 0 bridgehead atoms. The summed E-state index contributed by atoms with van der Waals surface area (Å²) in [7, 11) is 1.61. The Morgan fingerprint density at radius 2 is 1.96 bits per heavy atom. The molecule has 1 aromatic carbocycles. The molecule has 1 heterocycles. The van der Waals surface area contributed by atoms with Crippen LogP contribution in [0.4, 0.5) is 5.69 Å². The molecule has 126 valence electrons. The van der Waals surface area contributed by atoms with E-state index in [1.54, 1.807) is 25.2 Å². The maximum Gasteiger partial charge on any atom is 0.264 e. The van der Waals surface area contributed by atoms with Gasteiger partial charge in [0.25, 0.3) is 5.91 Å². The number of likely N-dealkylation sites (N-methyl/N-ethyl adjacent to an activating group) is 1. The molecule has 0 spiro atoms. The average Bonchev–Trinajstić information content (AvgIpc) is 3.11. The third-order valence-corrected chi connectivity index (χ3v) is 5.77. The first kappa shape index (κ1) is 17.3. The number of anilines is 1. The molecule has 0 saturated heterocycles. The van der Waals surface area contributed by atoms with E-state index in [4.69, 9.17) is 23.2 Å². The van der Waals surface area contributed by atoms with Gasteiger partial charge < -0.3 is 10.2 Å². The van der Waals surface area contributed by atoms with E-state index in [-0.39, 0.29) is 18.4 Å². The van der Waals surface area contributed by atoms with E-state index >= 15 is 0 Å². The van der Waals surface area contributed by atoms with Gasteiger partial charge in [0.15, 0.2) is 0 Å². The fourth-order valence-electron chi connectivity index (χ4n) is 2.71. The molecule has 0 saturated carbocycles. The first-order valence-electron chi connectivity index (χ1n) is 7.56. The number of hydrogen-bond acceptors (Lipinski definition) is 3. The minimum absolute atomic E-state index is 0.0665. The molecule has 0 unspecified atom stereocenters. The van der Waals surface area contributed by atoms with Crippen LogP contribution in [0.15, 0.2) is 24.3 Å². The highest BCUT2D eigenvalue weighted by Crippen LogP contribution is 2.31. The molecule has 0 aliphatic heterocycles. The van der Waals surface area contributed by atoms with Gasteiger partial charge in [0.1, 0.15) is 0 Å². The van der Waals surface area contributed by atoms with Gasteiger partial charge >= 0.3 is 0 Å². The van der Waals surface area contributed by atoms with Crippen LogP contribution in [-0.2, 0) is 17.6 Å². The van der Waals surface area contributed by atoms with Crippen LogP contribution in [-0.4, -0.2) is 30.3 Å². The molecular formula is C17H16Cl2N2O2S. The summed E-state index contributed by atoms with van der Waals surface area (Å²) in [5.74, 6) is -0.486. The number of nitrogens with one attached hydrogen (secondary N) is 1. The smallest absolute Gasteiger partial charge is 0.264 e. The number of benzene rings is 1. The number of para-hydroxylation sites is 1. The highest BCUT2D eigenvalue weighted by atomic mass is 35.5. The van der Waals surface area contributed by atoms with Gasteiger partial charge in [-0.15, -0.1) is 11.3 Å². The van der Waals surface area contributed by atoms with E-state index in [1.165, 1.54) is 26.7 Å². The standard InChI is InChI=1S/C17H16Cl2N2O2S/c1-21(17(23)14-8-10-4-2-7-13(10)24-14)9-15(22)20-16-11(18)5-3-6-12(16)19/h3,5-6,8H,2,4,7,9H2,1H3,(H,20,22). The zero-order valence-electron chi connectivity index (χ0n) is 13.1. The summed E-state index contributed by atoms with van der Waals surface area (Å²) in [5.41, 5.74) is 1.63. The van der Waals surface area contributed by atoms with Gasteiger partial charge in [0.05, 0.1) is 27.2 Å². The van der Waals surface area contributed by atoms with Crippen LogP contribution in [0.1, 0.15) is 26.5 Å². The molecule has 4 nitrogen and oxygen atoms in total. The van der Waals surface area contributed by atoms with E-state index in [1.807, 2.05) is 6.07 Å². The van der Waals surface area contributed by atoms with Crippen molar-refractivity contribution in [3.05, 3.63) is 49.6 Å². The number of thiophene rings is 1. The van der Waals surface area contributed by atoms with Gasteiger partial charge in [-0.3, -0.25) is 9.59 Å². The lowest BCUT2D eigenvalue weighted by molar-refractivity contribution is -0.116.